The van der Waals surface area contributed by atoms with Crippen molar-refractivity contribution in [3.63, 3.8) is 0 Å². The van der Waals surface area contributed by atoms with Gasteiger partial charge in [0, 0.05) is 24.7 Å². The van der Waals surface area contributed by atoms with Crippen LogP contribution >= 0.6 is 0 Å². The van der Waals surface area contributed by atoms with Crippen molar-refractivity contribution in [2.24, 2.45) is 5.73 Å². The first-order valence-corrected chi connectivity index (χ1v) is 7.14. The van der Waals surface area contributed by atoms with Crippen LogP contribution in [0.25, 0.3) is 0 Å². The van der Waals surface area contributed by atoms with E-state index in [0.29, 0.717) is 6.54 Å². The Morgan fingerprint density at radius 2 is 2.05 bits per heavy atom. The molecule has 0 saturated heterocycles. The van der Waals surface area contributed by atoms with Gasteiger partial charge in [0.2, 0.25) is 0 Å². The zero-order valence-corrected chi connectivity index (χ0v) is 13.2. The van der Waals surface area contributed by atoms with E-state index in [0.717, 1.165) is 23.6 Å². The van der Waals surface area contributed by atoms with Crippen molar-refractivity contribution in [1.29, 1.82) is 0 Å². The molecule has 4 heteroatoms. The lowest BCUT2D eigenvalue weighted by Gasteiger charge is -2.27. The summed E-state index contributed by atoms with van der Waals surface area (Å²) in [7, 11) is 3.78. The van der Waals surface area contributed by atoms with Crippen LogP contribution < -0.4 is 10.5 Å². The van der Waals surface area contributed by atoms with Gasteiger partial charge in [-0.3, -0.25) is 4.90 Å². The number of hydrogen-bond donors (Lipinski definition) is 1. The molecule has 1 aromatic heterocycles. The van der Waals surface area contributed by atoms with E-state index in [4.69, 9.17) is 14.9 Å². The molecule has 4 nitrogen and oxygen atoms in total. The van der Waals surface area contributed by atoms with Gasteiger partial charge in [0.25, 0.3) is 0 Å². The summed E-state index contributed by atoms with van der Waals surface area (Å²) in [6, 6.07) is 8.42. The number of ether oxygens (including phenoxy) is 1. The summed E-state index contributed by atoms with van der Waals surface area (Å²) in [4.78, 5) is 2.25. The lowest BCUT2D eigenvalue weighted by atomic mass is 10.0. The molecular weight excluding hydrogens is 264 g/mol. The van der Waals surface area contributed by atoms with Gasteiger partial charge in [0.15, 0.2) is 0 Å². The molecule has 2 N–H and O–H groups in total. The Labute approximate surface area is 126 Å². The van der Waals surface area contributed by atoms with Gasteiger partial charge < -0.3 is 14.9 Å². The molecule has 2 rings (SSSR count). The quantitative estimate of drug-likeness (QED) is 0.887. The number of hydrogen-bond acceptors (Lipinski definition) is 4. The summed E-state index contributed by atoms with van der Waals surface area (Å²) in [5.41, 5.74) is 9.53. The number of furan rings is 1. The molecule has 1 heterocycles. The monoisotopic (exact) mass is 288 g/mol. The van der Waals surface area contributed by atoms with Crippen LogP contribution in [0.3, 0.4) is 0 Å². The molecule has 1 atom stereocenters. The molecule has 0 aliphatic carbocycles. The van der Waals surface area contributed by atoms with Gasteiger partial charge in [-0.25, -0.2) is 0 Å². The molecule has 0 spiro atoms. The first kappa shape index (κ1) is 15.6. The fourth-order valence-corrected chi connectivity index (χ4v) is 2.63. The van der Waals surface area contributed by atoms with E-state index < -0.39 is 0 Å². The first-order chi connectivity index (χ1) is 10.1. The standard InChI is InChI=1S/C17H24N2O2/c1-12-9-14(5-6-17(12)20-4)16(10-18)19(3)11-15-7-8-21-13(15)2/h5-9,16H,10-11,18H2,1-4H3. The third-order valence-corrected chi connectivity index (χ3v) is 3.94. The summed E-state index contributed by atoms with van der Waals surface area (Å²) in [6.07, 6.45) is 1.73. The zero-order valence-electron chi connectivity index (χ0n) is 13.2. The van der Waals surface area contributed by atoms with Gasteiger partial charge in [0.1, 0.15) is 11.5 Å². The van der Waals surface area contributed by atoms with Crippen molar-refractivity contribution in [2.75, 3.05) is 20.7 Å². The van der Waals surface area contributed by atoms with Crippen molar-refractivity contribution in [2.45, 2.75) is 26.4 Å². The molecule has 0 radical (unpaired) electrons. The predicted molar refractivity (Wildman–Crippen MR) is 84.4 cm³/mol. The highest BCUT2D eigenvalue weighted by Gasteiger charge is 2.18. The van der Waals surface area contributed by atoms with E-state index in [1.54, 1.807) is 13.4 Å². The third kappa shape index (κ3) is 3.46. The average Bonchev–Trinajstić information content (AvgIpc) is 2.85. The van der Waals surface area contributed by atoms with Gasteiger partial charge >= 0.3 is 0 Å². The maximum Gasteiger partial charge on any atom is 0.121 e. The van der Waals surface area contributed by atoms with Crippen LogP contribution in [-0.2, 0) is 6.54 Å². The highest BCUT2D eigenvalue weighted by molar-refractivity contribution is 5.37. The van der Waals surface area contributed by atoms with E-state index in [2.05, 4.69) is 31.0 Å². The molecule has 0 bridgehead atoms. The van der Waals surface area contributed by atoms with Crippen molar-refractivity contribution < 1.29 is 9.15 Å². The van der Waals surface area contributed by atoms with Crippen LogP contribution in [0.2, 0.25) is 0 Å². The summed E-state index contributed by atoms with van der Waals surface area (Å²) < 4.78 is 10.7. The number of methoxy groups -OCH3 is 1. The summed E-state index contributed by atoms with van der Waals surface area (Å²) in [6.45, 7) is 5.42. The Kier molecular flexibility index (Phi) is 5.04. The van der Waals surface area contributed by atoms with Gasteiger partial charge in [-0.1, -0.05) is 12.1 Å². The zero-order chi connectivity index (χ0) is 15.4. The summed E-state index contributed by atoms with van der Waals surface area (Å²) in [5, 5.41) is 0. The smallest absolute Gasteiger partial charge is 0.121 e. The Morgan fingerprint density at radius 3 is 2.57 bits per heavy atom. The van der Waals surface area contributed by atoms with Crippen molar-refractivity contribution in [1.82, 2.24) is 4.90 Å². The van der Waals surface area contributed by atoms with Crippen LogP contribution in [0.15, 0.2) is 34.9 Å². The van der Waals surface area contributed by atoms with Crippen LogP contribution in [-0.4, -0.2) is 25.6 Å². The molecule has 1 unspecified atom stereocenters. The molecular formula is C17H24N2O2. The van der Waals surface area contributed by atoms with Crippen molar-refractivity contribution >= 4 is 0 Å². The minimum absolute atomic E-state index is 0.170. The lowest BCUT2D eigenvalue weighted by Crippen LogP contribution is -2.30. The normalized spacial score (nSPS) is 12.7. The third-order valence-electron chi connectivity index (χ3n) is 3.94. The summed E-state index contributed by atoms with van der Waals surface area (Å²) >= 11 is 0. The largest absolute Gasteiger partial charge is 0.496 e. The number of benzene rings is 1. The van der Waals surface area contributed by atoms with Crippen LogP contribution in [0, 0.1) is 13.8 Å². The molecule has 0 aliphatic rings. The number of likely N-dealkylation sites (N-methyl/N-ethyl adjacent to an activating group) is 1. The van der Waals surface area contributed by atoms with E-state index >= 15 is 0 Å². The highest BCUT2D eigenvalue weighted by atomic mass is 16.5. The van der Waals surface area contributed by atoms with Gasteiger partial charge in [-0.05, 0) is 44.2 Å². The molecule has 0 aliphatic heterocycles. The highest BCUT2D eigenvalue weighted by Crippen LogP contribution is 2.26. The van der Waals surface area contributed by atoms with E-state index in [9.17, 15) is 0 Å². The number of aryl methyl sites for hydroxylation is 2. The molecule has 21 heavy (non-hydrogen) atoms. The molecule has 0 fully saturated rings. The molecule has 1 aromatic carbocycles. The van der Waals surface area contributed by atoms with Crippen LogP contribution in [0.1, 0.15) is 28.5 Å². The van der Waals surface area contributed by atoms with Crippen molar-refractivity contribution in [3.8, 4) is 5.75 Å². The van der Waals surface area contributed by atoms with Crippen LogP contribution in [0.5, 0.6) is 5.75 Å². The second-order valence-electron chi connectivity index (χ2n) is 5.40. The van der Waals surface area contributed by atoms with Crippen molar-refractivity contribution in [3.05, 3.63) is 53.0 Å². The van der Waals surface area contributed by atoms with E-state index in [1.807, 2.05) is 19.1 Å². The maximum absolute atomic E-state index is 6.00. The molecule has 2 aromatic rings. The second kappa shape index (κ2) is 6.78. The predicted octanol–water partition coefficient (Wildman–Crippen LogP) is 3.04. The van der Waals surface area contributed by atoms with Gasteiger partial charge in [-0.2, -0.15) is 0 Å². The van der Waals surface area contributed by atoms with E-state index in [-0.39, 0.29) is 6.04 Å². The molecule has 0 amide bonds. The van der Waals surface area contributed by atoms with E-state index in [1.165, 1.54) is 11.1 Å². The SMILES string of the molecule is COc1ccc(C(CN)N(C)Cc2ccoc2C)cc1C. The summed E-state index contributed by atoms with van der Waals surface area (Å²) in [5.74, 6) is 1.87. The van der Waals surface area contributed by atoms with Crippen LogP contribution in [0.4, 0.5) is 0 Å². The van der Waals surface area contributed by atoms with Gasteiger partial charge in [0.05, 0.1) is 13.4 Å². The number of nitrogens with two attached hydrogens (primary N) is 1. The minimum Gasteiger partial charge on any atom is -0.496 e. The lowest BCUT2D eigenvalue weighted by molar-refractivity contribution is 0.240. The topological polar surface area (TPSA) is 51.6 Å². The fraction of sp³-hybridized carbons (Fsp3) is 0.412. The Hall–Kier alpha value is -1.78. The number of nitrogens with zero attached hydrogens (tertiary/aromatic N) is 1. The molecule has 0 saturated carbocycles. The molecule has 114 valence electrons. The first-order valence-electron chi connectivity index (χ1n) is 7.14. The van der Waals surface area contributed by atoms with Gasteiger partial charge in [-0.15, -0.1) is 0 Å². The average molecular weight is 288 g/mol. The second-order valence-corrected chi connectivity index (χ2v) is 5.40. The Morgan fingerprint density at radius 1 is 1.29 bits per heavy atom. The fourth-order valence-electron chi connectivity index (χ4n) is 2.63. The maximum atomic E-state index is 6.00. The minimum atomic E-state index is 0.170. The number of rotatable bonds is 6. The Bertz CT molecular complexity index is 592. The Balaban J connectivity index is 2.18.